The highest BCUT2D eigenvalue weighted by Crippen LogP contribution is 2.23. The SMILES string of the molecule is C=CCN(C(=O)c1ccc(Cl)cc1)C(C)C(=O)c1c(C)[nH]c(C(=O)OC)c1C. The number of aromatic amines is 1. The number of methoxy groups -OCH3 is 1. The van der Waals surface area contributed by atoms with E-state index in [1.54, 1.807) is 51.1 Å². The van der Waals surface area contributed by atoms with Crippen molar-refractivity contribution in [2.45, 2.75) is 26.8 Å². The first-order valence-corrected chi connectivity index (χ1v) is 9.09. The van der Waals surface area contributed by atoms with Crippen molar-refractivity contribution in [2.75, 3.05) is 13.7 Å². The summed E-state index contributed by atoms with van der Waals surface area (Å²) in [6.45, 7) is 8.92. The number of rotatable bonds is 7. The highest BCUT2D eigenvalue weighted by Gasteiger charge is 2.31. The molecule has 1 unspecified atom stereocenters. The van der Waals surface area contributed by atoms with Crippen molar-refractivity contribution in [3.05, 3.63) is 70.0 Å². The van der Waals surface area contributed by atoms with Gasteiger partial charge in [-0.05, 0) is 50.6 Å². The van der Waals surface area contributed by atoms with Gasteiger partial charge in [0, 0.05) is 28.4 Å². The Morgan fingerprint density at radius 1 is 1.25 bits per heavy atom. The highest BCUT2D eigenvalue weighted by atomic mass is 35.5. The number of Topliss-reactive ketones (excluding diaryl/α,β-unsaturated/α-hetero) is 1. The zero-order chi connectivity index (χ0) is 21.0. The van der Waals surface area contributed by atoms with Crippen LogP contribution in [0.5, 0.6) is 0 Å². The molecule has 0 aliphatic carbocycles. The van der Waals surface area contributed by atoms with Crippen LogP contribution in [0, 0.1) is 13.8 Å². The minimum Gasteiger partial charge on any atom is -0.464 e. The number of ketones is 1. The smallest absolute Gasteiger partial charge is 0.354 e. The number of halogens is 1. The molecular weight excluding hydrogens is 380 g/mol. The van der Waals surface area contributed by atoms with E-state index in [0.29, 0.717) is 27.4 Å². The van der Waals surface area contributed by atoms with Gasteiger partial charge in [-0.1, -0.05) is 17.7 Å². The predicted molar refractivity (Wildman–Crippen MR) is 108 cm³/mol. The van der Waals surface area contributed by atoms with Crippen LogP contribution >= 0.6 is 11.6 Å². The maximum atomic E-state index is 13.2. The molecule has 7 heteroatoms. The summed E-state index contributed by atoms with van der Waals surface area (Å²) < 4.78 is 4.75. The van der Waals surface area contributed by atoms with Gasteiger partial charge in [-0.15, -0.1) is 6.58 Å². The van der Waals surface area contributed by atoms with E-state index in [2.05, 4.69) is 11.6 Å². The van der Waals surface area contributed by atoms with Gasteiger partial charge < -0.3 is 14.6 Å². The van der Waals surface area contributed by atoms with Gasteiger partial charge in [0.05, 0.1) is 13.2 Å². The molecule has 1 aromatic heterocycles. The summed E-state index contributed by atoms with van der Waals surface area (Å²) in [6.07, 6.45) is 1.56. The van der Waals surface area contributed by atoms with Crippen molar-refractivity contribution < 1.29 is 19.1 Å². The van der Waals surface area contributed by atoms with E-state index in [-0.39, 0.29) is 23.9 Å². The van der Waals surface area contributed by atoms with Gasteiger partial charge in [0.2, 0.25) is 0 Å². The van der Waals surface area contributed by atoms with Crippen molar-refractivity contribution in [1.29, 1.82) is 0 Å². The Kier molecular flexibility index (Phi) is 6.80. The van der Waals surface area contributed by atoms with E-state index in [4.69, 9.17) is 16.3 Å². The van der Waals surface area contributed by atoms with Crippen LogP contribution in [0.2, 0.25) is 5.02 Å². The normalized spacial score (nSPS) is 11.6. The van der Waals surface area contributed by atoms with Crippen LogP contribution in [0.4, 0.5) is 0 Å². The Morgan fingerprint density at radius 2 is 1.86 bits per heavy atom. The number of H-pyrrole nitrogens is 1. The van der Waals surface area contributed by atoms with Gasteiger partial charge in [-0.25, -0.2) is 4.79 Å². The Balaban J connectivity index is 2.39. The monoisotopic (exact) mass is 402 g/mol. The molecule has 2 rings (SSSR count). The summed E-state index contributed by atoms with van der Waals surface area (Å²) in [7, 11) is 1.28. The topological polar surface area (TPSA) is 79.5 Å². The number of nitrogens with zero attached hydrogens (tertiary/aromatic N) is 1. The van der Waals surface area contributed by atoms with Gasteiger partial charge in [0.1, 0.15) is 5.69 Å². The van der Waals surface area contributed by atoms with Crippen molar-refractivity contribution >= 4 is 29.3 Å². The maximum absolute atomic E-state index is 13.2. The lowest BCUT2D eigenvalue weighted by Gasteiger charge is -2.27. The van der Waals surface area contributed by atoms with E-state index in [1.165, 1.54) is 12.0 Å². The summed E-state index contributed by atoms with van der Waals surface area (Å²) >= 11 is 5.89. The number of esters is 1. The third-order valence-electron chi connectivity index (χ3n) is 4.60. The van der Waals surface area contributed by atoms with Crippen LogP contribution in [0.3, 0.4) is 0 Å². The zero-order valence-corrected chi connectivity index (χ0v) is 17.1. The Morgan fingerprint density at radius 3 is 2.39 bits per heavy atom. The van der Waals surface area contributed by atoms with E-state index in [1.807, 2.05) is 0 Å². The van der Waals surface area contributed by atoms with Crippen LogP contribution < -0.4 is 0 Å². The predicted octanol–water partition coefficient (Wildman–Crippen LogP) is 3.97. The largest absolute Gasteiger partial charge is 0.464 e. The summed E-state index contributed by atoms with van der Waals surface area (Å²) in [5.41, 5.74) is 2.08. The lowest BCUT2D eigenvalue weighted by atomic mass is 9.99. The number of hydrogen-bond acceptors (Lipinski definition) is 4. The number of carbonyl (C=O) groups excluding carboxylic acids is 3. The molecule has 1 amide bonds. The lowest BCUT2D eigenvalue weighted by Crippen LogP contribution is -2.43. The second-order valence-corrected chi connectivity index (χ2v) is 6.85. The van der Waals surface area contributed by atoms with Gasteiger partial charge in [0.25, 0.3) is 5.91 Å². The number of amides is 1. The molecule has 0 spiro atoms. The molecular formula is C21H23ClN2O4. The van der Waals surface area contributed by atoms with Crippen LogP contribution in [0.25, 0.3) is 0 Å². The first-order valence-electron chi connectivity index (χ1n) is 8.72. The first-order chi connectivity index (χ1) is 13.2. The number of carbonyl (C=O) groups is 3. The number of hydrogen-bond donors (Lipinski definition) is 1. The Labute approximate surface area is 169 Å². The summed E-state index contributed by atoms with van der Waals surface area (Å²) in [6, 6.07) is 5.70. The van der Waals surface area contributed by atoms with Crippen LogP contribution in [0.1, 0.15) is 49.4 Å². The standard InChI is InChI=1S/C21H23ClN2O4/c1-6-11-24(20(26)15-7-9-16(22)10-8-15)14(4)19(25)17-12(2)18(21(27)28-5)23-13(17)3/h6-10,14,23H,1,11H2,2-5H3. The molecule has 1 heterocycles. The molecule has 0 bridgehead atoms. The fourth-order valence-corrected chi connectivity index (χ4v) is 3.22. The number of benzene rings is 1. The minimum atomic E-state index is -0.764. The fourth-order valence-electron chi connectivity index (χ4n) is 3.09. The third kappa shape index (κ3) is 4.17. The minimum absolute atomic E-state index is 0.195. The molecule has 0 saturated carbocycles. The van der Waals surface area contributed by atoms with Gasteiger partial charge in [-0.2, -0.15) is 0 Å². The third-order valence-corrected chi connectivity index (χ3v) is 4.85. The first kappa shape index (κ1) is 21.4. The molecule has 6 nitrogen and oxygen atoms in total. The van der Waals surface area contributed by atoms with Crippen LogP contribution in [0.15, 0.2) is 36.9 Å². The second-order valence-electron chi connectivity index (χ2n) is 6.41. The number of aryl methyl sites for hydroxylation is 1. The molecule has 1 atom stereocenters. The van der Waals surface area contributed by atoms with Crippen molar-refractivity contribution in [2.24, 2.45) is 0 Å². The van der Waals surface area contributed by atoms with Crippen LogP contribution in [-0.4, -0.2) is 47.2 Å². The van der Waals surface area contributed by atoms with Gasteiger partial charge in [-0.3, -0.25) is 9.59 Å². The van der Waals surface area contributed by atoms with E-state index in [0.717, 1.165) is 0 Å². The molecule has 0 aliphatic heterocycles. The molecule has 0 aliphatic rings. The molecule has 148 valence electrons. The van der Waals surface area contributed by atoms with E-state index in [9.17, 15) is 14.4 Å². The van der Waals surface area contributed by atoms with Crippen molar-refractivity contribution in [3.63, 3.8) is 0 Å². The Hall–Kier alpha value is -2.86. The number of aromatic nitrogens is 1. The molecule has 0 radical (unpaired) electrons. The molecule has 1 N–H and O–H groups in total. The molecule has 0 fully saturated rings. The molecule has 2 aromatic rings. The van der Waals surface area contributed by atoms with Crippen molar-refractivity contribution in [3.8, 4) is 0 Å². The average molecular weight is 403 g/mol. The highest BCUT2D eigenvalue weighted by molar-refractivity contribution is 6.30. The van der Waals surface area contributed by atoms with Gasteiger partial charge >= 0.3 is 5.97 Å². The second kappa shape index (κ2) is 8.89. The number of nitrogens with one attached hydrogen (secondary N) is 1. The molecule has 28 heavy (non-hydrogen) atoms. The summed E-state index contributed by atoms with van der Waals surface area (Å²) in [5.74, 6) is -1.13. The molecule has 1 aromatic carbocycles. The lowest BCUT2D eigenvalue weighted by molar-refractivity contribution is 0.0593. The zero-order valence-electron chi connectivity index (χ0n) is 16.3. The number of ether oxygens (including phenoxy) is 1. The Bertz CT molecular complexity index is 915. The summed E-state index contributed by atoms with van der Waals surface area (Å²) in [4.78, 5) is 42.4. The maximum Gasteiger partial charge on any atom is 0.354 e. The average Bonchev–Trinajstić information content (AvgIpc) is 2.98. The fraction of sp³-hybridized carbons (Fsp3) is 0.286. The van der Waals surface area contributed by atoms with Crippen molar-refractivity contribution in [1.82, 2.24) is 9.88 Å². The quantitative estimate of drug-likeness (QED) is 0.431. The van der Waals surface area contributed by atoms with Gasteiger partial charge in [0.15, 0.2) is 5.78 Å². The summed E-state index contributed by atoms with van der Waals surface area (Å²) in [5, 5.41) is 0.518. The van der Waals surface area contributed by atoms with Crippen LogP contribution in [-0.2, 0) is 4.74 Å². The van der Waals surface area contributed by atoms with E-state index >= 15 is 0 Å². The molecule has 0 saturated heterocycles. The van der Waals surface area contributed by atoms with E-state index < -0.39 is 12.0 Å².